The highest BCUT2D eigenvalue weighted by Crippen LogP contribution is 2.13. The van der Waals surface area contributed by atoms with E-state index < -0.39 is 0 Å². The highest BCUT2D eigenvalue weighted by molar-refractivity contribution is 7.80. The Morgan fingerprint density at radius 2 is 2.18 bits per heavy atom. The fourth-order valence-electron chi connectivity index (χ4n) is 1.32. The number of hydrogen-bond donors (Lipinski definition) is 1. The summed E-state index contributed by atoms with van der Waals surface area (Å²) in [6.45, 7) is 4.93. The van der Waals surface area contributed by atoms with Crippen molar-refractivity contribution >= 4 is 17.2 Å². The number of hydrogen-bond acceptors (Lipinski definition) is 3. The predicted octanol–water partition coefficient (Wildman–Crippen LogP) is 2.32. The smallest absolute Gasteiger partial charge is 0.119 e. The Kier molecular flexibility index (Phi) is 5.94. The van der Waals surface area contributed by atoms with Gasteiger partial charge in [0.25, 0.3) is 0 Å². The third-order valence-electron chi connectivity index (χ3n) is 2.43. The third-order valence-corrected chi connectivity index (χ3v) is 2.76. The topological polar surface area (TPSA) is 44.5 Å². The van der Waals surface area contributed by atoms with Gasteiger partial charge >= 0.3 is 0 Å². The number of thiocarbonyl (C=S) groups is 1. The lowest BCUT2D eigenvalue weighted by Crippen LogP contribution is -2.27. The second-order valence-corrected chi connectivity index (χ2v) is 4.24. The lowest BCUT2D eigenvalue weighted by Gasteiger charge is -2.12. The van der Waals surface area contributed by atoms with Gasteiger partial charge in [-0.25, -0.2) is 0 Å². The first-order chi connectivity index (χ1) is 8.13. The minimum absolute atomic E-state index is 0.199. The molecule has 2 N–H and O–H groups in total. The normalized spacial score (nSPS) is 12.1. The Balaban J connectivity index is 2.28. The average molecular weight is 253 g/mol. The van der Waals surface area contributed by atoms with Crippen LogP contribution in [-0.2, 0) is 11.2 Å². The molecule has 0 saturated carbocycles. The molecule has 0 heterocycles. The maximum atomic E-state index is 5.57. The van der Waals surface area contributed by atoms with E-state index in [0.29, 0.717) is 18.2 Å². The number of rotatable bonds is 7. The van der Waals surface area contributed by atoms with E-state index in [4.69, 9.17) is 27.4 Å². The standard InChI is InChI=1S/C13H19NO2S/c1-3-11-5-4-6-12(9-11)16-8-7-15-10(2)13(14)17/h4-6,9-10H,3,7-8H2,1-2H3,(H2,14,17). The lowest BCUT2D eigenvalue weighted by molar-refractivity contribution is 0.0810. The molecule has 0 spiro atoms. The van der Waals surface area contributed by atoms with Crippen molar-refractivity contribution in [1.82, 2.24) is 0 Å². The zero-order valence-corrected chi connectivity index (χ0v) is 11.1. The number of nitrogens with two attached hydrogens (primary N) is 1. The molecule has 0 amide bonds. The molecule has 0 fully saturated rings. The van der Waals surface area contributed by atoms with E-state index in [1.165, 1.54) is 5.56 Å². The fraction of sp³-hybridized carbons (Fsp3) is 0.462. The molecule has 1 aromatic rings. The summed E-state index contributed by atoms with van der Waals surface area (Å²) in [4.78, 5) is 0.373. The summed E-state index contributed by atoms with van der Waals surface area (Å²) >= 11 is 4.81. The molecule has 1 unspecified atom stereocenters. The molecular weight excluding hydrogens is 234 g/mol. The summed E-state index contributed by atoms with van der Waals surface area (Å²) in [6.07, 6.45) is 0.808. The van der Waals surface area contributed by atoms with E-state index in [1.807, 2.05) is 25.1 Å². The van der Waals surface area contributed by atoms with Gasteiger partial charge in [0, 0.05) is 0 Å². The molecule has 17 heavy (non-hydrogen) atoms. The molecule has 1 rings (SSSR count). The molecule has 4 heteroatoms. The average Bonchev–Trinajstić information content (AvgIpc) is 2.34. The molecule has 94 valence electrons. The Labute approximate surface area is 108 Å². The van der Waals surface area contributed by atoms with Gasteiger partial charge in [-0.05, 0) is 31.0 Å². The van der Waals surface area contributed by atoms with Crippen molar-refractivity contribution in [3.05, 3.63) is 29.8 Å². The number of aryl methyl sites for hydroxylation is 1. The van der Waals surface area contributed by atoms with Crippen LogP contribution in [0.15, 0.2) is 24.3 Å². The van der Waals surface area contributed by atoms with Crippen molar-refractivity contribution in [2.75, 3.05) is 13.2 Å². The van der Waals surface area contributed by atoms with Crippen molar-refractivity contribution in [1.29, 1.82) is 0 Å². The van der Waals surface area contributed by atoms with Gasteiger partial charge in [-0.2, -0.15) is 0 Å². The Morgan fingerprint density at radius 3 is 2.82 bits per heavy atom. The summed E-state index contributed by atoms with van der Waals surface area (Å²) in [7, 11) is 0. The van der Waals surface area contributed by atoms with E-state index in [1.54, 1.807) is 0 Å². The second kappa shape index (κ2) is 7.25. The first kappa shape index (κ1) is 13.9. The van der Waals surface area contributed by atoms with Gasteiger partial charge in [0.05, 0.1) is 6.61 Å². The largest absolute Gasteiger partial charge is 0.491 e. The van der Waals surface area contributed by atoms with E-state index in [2.05, 4.69) is 13.0 Å². The van der Waals surface area contributed by atoms with E-state index in [-0.39, 0.29) is 6.10 Å². The van der Waals surface area contributed by atoms with Gasteiger partial charge < -0.3 is 15.2 Å². The Morgan fingerprint density at radius 1 is 1.41 bits per heavy atom. The minimum Gasteiger partial charge on any atom is -0.491 e. The highest BCUT2D eigenvalue weighted by atomic mass is 32.1. The van der Waals surface area contributed by atoms with Gasteiger partial charge in [-0.3, -0.25) is 0 Å². The summed E-state index contributed by atoms with van der Waals surface area (Å²) in [5, 5.41) is 0. The van der Waals surface area contributed by atoms with Crippen LogP contribution in [0.25, 0.3) is 0 Å². The van der Waals surface area contributed by atoms with Crippen LogP contribution in [0.3, 0.4) is 0 Å². The monoisotopic (exact) mass is 253 g/mol. The summed E-state index contributed by atoms with van der Waals surface area (Å²) in [6, 6.07) is 8.05. The molecule has 1 aromatic carbocycles. The number of benzene rings is 1. The van der Waals surface area contributed by atoms with Crippen molar-refractivity contribution in [2.24, 2.45) is 5.73 Å². The van der Waals surface area contributed by atoms with E-state index in [0.717, 1.165) is 12.2 Å². The molecular formula is C13H19NO2S. The SMILES string of the molecule is CCc1cccc(OCCOC(C)C(N)=S)c1. The lowest BCUT2D eigenvalue weighted by atomic mass is 10.2. The summed E-state index contributed by atoms with van der Waals surface area (Å²) in [5.41, 5.74) is 6.70. The van der Waals surface area contributed by atoms with Gasteiger partial charge in [0.2, 0.25) is 0 Å². The maximum absolute atomic E-state index is 5.57. The second-order valence-electron chi connectivity index (χ2n) is 3.76. The van der Waals surface area contributed by atoms with Gasteiger partial charge in [-0.1, -0.05) is 31.3 Å². The van der Waals surface area contributed by atoms with E-state index >= 15 is 0 Å². The first-order valence-corrected chi connectivity index (χ1v) is 6.17. The predicted molar refractivity (Wildman–Crippen MR) is 73.5 cm³/mol. The molecule has 0 aliphatic rings. The molecule has 0 bridgehead atoms. The first-order valence-electron chi connectivity index (χ1n) is 5.76. The Hall–Kier alpha value is -1.13. The summed E-state index contributed by atoms with van der Waals surface area (Å²) in [5.74, 6) is 0.871. The van der Waals surface area contributed by atoms with Crippen LogP contribution in [0.4, 0.5) is 0 Å². The van der Waals surface area contributed by atoms with Crippen LogP contribution in [0.5, 0.6) is 5.75 Å². The minimum atomic E-state index is -0.199. The molecule has 0 aliphatic carbocycles. The zero-order valence-electron chi connectivity index (χ0n) is 10.3. The van der Waals surface area contributed by atoms with Gasteiger partial charge in [0.1, 0.15) is 23.4 Å². The molecule has 0 saturated heterocycles. The van der Waals surface area contributed by atoms with Crippen LogP contribution in [0.1, 0.15) is 19.4 Å². The fourth-order valence-corrected chi connectivity index (χ4v) is 1.39. The van der Waals surface area contributed by atoms with Gasteiger partial charge in [-0.15, -0.1) is 0 Å². The zero-order chi connectivity index (χ0) is 12.7. The molecule has 3 nitrogen and oxygen atoms in total. The molecule has 1 atom stereocenters. The number of ether oxygens (including phenoxy) is 2. The molecule has 0 aliphatic heterocycles. The van der Waals surface area contributed by atoms with Crippen molar-refractivity contribution in [3.63, 3.8) is 0 Å². The van der Waals surface area contributed by atoms with Crippen LogP contribution < -0.4 is 10.5 Å². The van der Waals surface area contributed by atoms with Crippen LogP contribution in [0.2, 0.25) is 0 Å². The van der Waals surface area contributed by atoms with Crippen LogP contribution in [0, 0.1) is 0 Å². The molecule has 0 aromatic heterocycles. The van der Waals surface area contributed by atoms with Gasteiger partial charge in [0.15, 0.2) is 0 Å². The summed E-state index contributed by atoms with van der Waals surface area (Å²) < 4.78 is 11.0. The van der Waals surface area contributed by atoms with Crippen molar-refractivity contribution in [2.45, 2.75) is 26.4 Å². The van der Waals surface area contributed by atoms with E-state index in [9.17, 15) is 0 Å². The Bertz CT molecular complexity index is 368. The highest BCUT2D eigenvalue weighted by Gasteiger charge is 2.04. The van der Waals surface area contributed by atoms with Crippen LogP contribution in [-0.4, -0.2) is 24.3 Å². The third kappa shape index (κ3) is 5.15. The quantitative estimate of drug-likeness (QED) is 0.598. The molecule has 0 radical (unpaired) electrons. The van der Waals surface area contributed by atoms with Crippen molar-refractivity contribution in [3.8, 4) is 5.75 Å². The maximum Gasteiger partial charge on any atom is 0.119 e. The van der Waals surface area contributed by atoms with Crippen LogP contribution >= 0.6 is 12.2 Å². The van der Waals surface area contributed by atoms with Crippen molar-refractivity contribution < 1.29 is 9.47 Å².